The average molecular weight is 346 g/mol. The zero-order valence-electron chi connectivity index (χ0n) is 10.8. The second-order valence-electron chi connectivity index (χ2n) is 3.96. The third-order valence-electron chi connectivity index (χ3n) is 2.31. The number of benzene rings is 1. The molecule has 0 fully saturated rings. The van der Waals surface area contributed by atoms with Crippen LogP contribution in [-0.4, -0.2) is 30.0 Å². The van der Waals surface area contributed by atoms with Gasteiger partial charge in [0.15, 0.2) is 0 Å². The molecule has 1 unspecified atom stereocenters. The number of methoxy groups -OCH3 is 1. The standard InChI is InChI=1S/C13H16BrNO3S/c1-9(7-13(17)18-2)19-8-12(16)15-11-5-3-10(14)4-6-11/h3-6,9H,7-8H2,1-2H3,(H,15,16). The highest BCUT2D eigenvalue weighted by Crippen LogP contribution is 2.17. The van der Waals surface area contributed by atoms with Gasteiger partial charge in [-0.25, -0.2) is 0 Å². The summed E-state index contributed by atoms with van der Waals surface area (Å²) in [5, 5.41) is 2.85. The highest BCUT2D eigenvalue weighted by atomic mass is 79.9. The van der Waals surface area contributed by atoms with Crippen molar-refractivity contribution in [1.29, 1.82) is 0 Å². The first-order valence-electron chi connectivity index (χ1n) is 5.75. The topological polar surface area (TPSA) is 55.4 Å². The zero-order valence-corrected chi connectivity index (χ0v) is 13.2. The number of hydrogen-bond donors (Lipinski definition) is 1. The van der Waals surface area contributed by atoms with Crippen molar-refractivity contribution in [1.82, 2.24) is 0 Å². The lowest BCUT2D eigenvalue weighted by atomic mass is 10.3. The van der Waals surface area contributed by atoms with Crippen molar-refractivity contribution in [3.8, 4) is 0 Å². The molecule has 4 nitrogen and oxygen atoms in total. The fraction of sp³-hybridized carbons (Fsp3) is 0.385. The molecule has 0 bridgehead atoms. The number of ether oxygens (including phenoxy) is 1. The van der Waals surface area contributed by atoms with Gasteiger partial charge in [-0.15, -0.1) is 11.8 Å². The number of esters is 1. The van der Waals surface area contributed by atoms with Crippen molar-refractivity contribution in [3.63, 3.8) is 0 Å². The molecular formula is C13H16BrNO3S. The van der Waals surface area contributed by atoms with Crippen LogP contribution in [0.25, 0.3) is 0 Å². The Morgan fingerprint density at radius 1 is 1.37 bits per heavy atom. The third kappa shape index (κ3) is 6.63. The van der Waals surface area contributed by atoms with Crippen LogP contribution in [0, 0.1) is 0 Å². The van der Waals surface area contributed by atoms with E-state index in [9.17, 15) is 9.59 Å². The van der Waals surface area contributed by atoms with Crippen molar-refractivity contribution < 1.29 is 14.3 Å². The van der Waals surface area contributed by atoms with Crippen LogP contribution < -0.4 is 5.32 Å². The molecule has 1 rings (SSSR count). The Morgan fingerprint density at radius 2 is 2.00 bits per heavy atom. The number of anilines is 1. The number of nitrogens with one attached hydrogen (secondary N) is 1. The van der Waals surface area contributed by atoms with E-state index in [1.54, 1.807) is 0 Å². The van der Waals surface area contributed by atoms with E-state index >= 15 is 0 Å². The fourth-order valence-corrected chi connectivity index (χ4v) is 2.35. The smallest absolute Gasteiger partial charge is 0.306 e. The average Bonchev–Trinajstić information content (AvgIpc) is 2.39. The molecule has 0 aromatic heterocycles. The van der Waals surface area contributed by atoms with Crippen molar-refractivity contribution in [2.24, 2.45) is 0 Å². The maximum atomic E-state index is 11.7. The van der Waals surface area contributed by atoms with E-state index in [0.29, 0.717) is 12.2 Å². The first kappa shape index (κ1) is 16.0. The Morgan fingerprint density at radius 3 is 2.58 bits per heavy atom. The predicted molar refractivity (Wildman–Crippen MR) is 81.3 cm³/mol. The monoisotopic (exact) mass is 345 g/mol. The van der Waals surface area contributed by atoms with Gasteiger partial charge in [0.25, 0.3) is 0 Å². The zero-order chi connectivity index (χ0) is 14.3. The lowest BCUT2D eigenvalue weighted by Crippen LogP contribution is -2.17. The van der Waals surface area contributed by atoms with Gasteiger partial charge in [-0.05, 0) is 24.3 Å². The number of halogens is 1. The summed E-state index contributed by atoms with van der Waals surface area (Å²) < 4.78 is 5.54. The third-order valence-corrected chi connectivity index (χ3v) is 4.00. The van der Waals surface area contributed by atoms with Gasteiger partial charge in [0.05, 0.1) is 19.3 Å². The molecular weight excluding hydrogens is 330 g/mol. The molecule has 0 spiro atoms. The van der Waals surface area contributed by atoms with Crippen LogP contribution in [0.5, 0.6) is 0 Å². The molecule has 104 valence electrons. The summed E-state index contributed by atoms with van der Waals surface area (Å²) in [6, 6.07) is 7.38. The lowest BCUT2D eigenvalue weighted by molar-refractivity contribution is -0.140. The lowest BCUT2D eigenvalue weighted by Gasteiger charge is -2.10. The van der Waals surface area contributed by atoms with E-state index in [4.69, 9.17) is 0 Å². The second kappa shape index (κ2) is 8.22. The fourth-order valence-electron chi connectivity index (χ4n) is 1.33. The van der Waals surface area contributed by atoms with Gasteiger partial charge in [0, 0.05) is 15.4 Å². The van der Waals surface area contributed by atoms with Crippen LogP contribution >= 0.6 is 27.7 Å². The molecule has 1 aromatic carbocycles. The van der Waals surface area contributed by atoms with E-state index in [1.165, 1.54) is 18.9 Å². The first-order chi connectivity index (χ1) is 9.01. The molecule has 1 aromatic rings. The first-order valence-corrected chi connectivity index (χ1v) is 7.59. The van der Waals surface area contributed by atoms with Gasteiger partial charge in [-0.2, -0.15) is 0 Å². The minimum absolute atomic E-state index is 0.0584. The summed E-state index contributed by atoms with van der Waals surface area (Å²) >= 11 is 4.76. The van der Waals surface area contributed by atoms with Crippen LogP contribution in [0.4, 0.5) is 5.69 Å². The van der Waals surface area contributed by atoms with E-state index in [-0.39, 0.29) is 17.1 Å². The summed E-state index contributed by atoms with van der Waals surface area (Å²) in [6.45, 7) is 1.90. The Balaban J connectivity index is 2.31. The number of rotatable bonds is 6. The van der Waals surface area contributed by atoms with Crippen LogP contribution in [-0.2, 0) is 14.3 Å². The molecule has 19 heavy (non-hydrogen) atoms. The minimum atomic E-state index is -0.256. The maximum Gasteiger partial charge on any atom is 0.306 e. The van der Waals surface area contributed by atoms with E-state index in [2.05, 4.69) is 26.0 Å². The highest BCUT2D eigenvalue weighted by Gasteiger charge is 2.11. The highest BCUT2D eigenvalue weighted by molar-refractivity contribution is 9.10. The van der Waals surface area contributed by atoms with Gasteiger partial charge >= 0.3 is 5.97 Å². The van der Waals surface area contributed by atoms with Crippen molar-refractivity contribution in [2.45, 2.75) is 18.6 Å². The quantitative estimate of drug-likeness (QED) is 0.805. The number of carbonyl (C=O) groups excluding carboxylic acids is 2. The molecule has 1 amide bonds. The normalized spacial score (nSPS) is 11.7. The minimum Gasteiger partial charge on any atom is -0.469 e. The van der Waals surface area contributed by atoms with E-state index in [0.717, 1.165) is 10.2 Å². The summed E-state index contributed by atoms with van der Waals surface area (Å²) in [7, 11) is 1.36. The molecule has 0 aliphatic rings. The number of hydrogen-bond acceptors (Lipinski definition) is 4. The number of thioether (sulfide) groups is 1. The van der Waals surface area contributed by atoms with Crippen molar-refractivity contribution in [3.05, 3.63) is 28.7 Å². The summed E-state index contributed by atoms with van der Waals surface area (Å²) in [5.41, 5.74) is 0.759. The van der Waals surface area contributed by atoms with Crippen molar-refractivity contribution >= 4 is 45.3 Å². The van der Waals surface area contributed by atoms with Crippen LogP contribution in [0.3, 0.4) is 0 Å². The van der Waals surface area contributed by atoms with Gasteiger partial charge in [0.2, 0.25) is 5.91 Å². The molecule has 0 radical (unpaired) electrons. The number of carbonyl (C=O) groups is 2. The van der Waals surface area contributed by atoms with Crippen LogP contribution in [0.15, 0.2) is 28.7 Å². The molecule has 1 N–H and O–H groups in total. The molecule has 0 heterocycles. The Bertz CT molecular complexity index is 436. The molecule has 6 heteroatoms. The summed E-state index contributed by atoms with van der Waals surface area (Å²) in [4.78, 5) is 22.7. The summed E-state index contributed by atoms with van der Waals surface area (Å²) in [6.07, 6.45) is 0.312. The second-order valence-corrected chi connectivity index (χ2v) is 6.30. The van der Waals surface area contributed by atoms with Crippen LogP contribution in [0.2, 0.25) is 0 Å². The van der Waals surface area contributed by atoms with Crippen LogP contribution in [0.1, 0.15) is 13.3 Å². The molecule has 1 atom stereocenters. The molecule has 0 saturated heterocycles. The SMILES string of the molecule is COC(=O)CC(C)SCC(=O)Nc1ccc(Br)cc1. The van der Waals surface area contributed by atoms with E-state index in [1.807, 2.05) is 31.2 Å². The van der Waals surface area contributed by atoms with E-state index < -0.39 is 0 Å². The molecule has 0 aliphatic heterocycles. The van der Waals surface area contributed by atoms with Gasteiger partial charge < -0.3 is 10.1 Å². The number of amides is 1. The molecule has 0 aliphatic carbocycles. The van der Waals surface area contributed by atoms with Gasteiger partial charge in [-0.1, -0.05) is 22.9 Å². The Hall–Kier alpha value is -1.01. The summed E-state index contributed by atoms with van der Waals surface area (Å²) in [5.74, 6) is -0.0221. The van der Waals surface area contributed by atoms with Gasteiger partial charge in [0.1, 0.15) is 0 Å². The molecule has 0 saturated carbocycles. The predicted octanol–water partition coefficient (Wildman–Crippen LogP) is 3.07. The van der Waals surface area contributed by atoms with Gasteiger partial charge in [-0.3, -0.25) is 9.59 Å². The Labute approximate surface area is 125 Å². The largest absolute Gasteiger partial charge is 0.469 e. The van der Waals surface area contributed by atoms with Crippen molar-refractivity contribution in [2.75, 3.05) is 18.2 Å². The maximum absolute atomic E-state index is 11.7. The Kier molecular flexibility index (Phi) is 6.94.